The Bertz CT molecular complexity index is 453. The van der Waals surface area contributed by atoms with Gasteiger partial charge in [0.25, 0.3) is 0 Å². The fourth-order valence-electron chi connectivity index (χ4n) is 3.81. The van der Waals surface area contributed by atoms with Crippen molar-refractivity contribution in [2.45, 2.75) is 63.7 Å². The second-order valence-corrected chi connectivity index (χ2v) is 7.66. The molecule has 21 heavy (non-hydrogen) atoms. The molecule has 5 nitrogen and oxygen atoms in total. The van der Waals surface area contributed by atoms with Crippen molar-refractivity contribution in [1.29, 1.82) is 0 Å². The first-order valence-electron chi connectivity index (χ1n) is 7.72. The van der Waals surface area contributed by atoms with E-state index in [4.69, 9.17) is 0 Å². The van der Waals surface area contributed by atoms with Gasteiger partial charge >= 0.3 is 12.0 Å². The molecule has 1 heterocycles. The number of nitrogens with zero attached hydrogens (tertiary/aromatic N) is 1. The van der Waals surface area contributed by atoms with E-state index in [0.29, 0.717) is 13.0 Å². The maximum absolute atomic E-state index is 13.0. The molecule has 1 N–H and O–H groups in total. The molecule has 1 aliphatic carbocycles. The predicted octanol–water partition coefficient (Wildman–Crippen LogP) is 3.03. The third-order valence-corrected chi connectivity index (χ3v) is 6.16. The average molecular weight is 314 g/mol. The van der Waals surface area contributed by atoms with Crippen molar-refractivity contribution in [3.05, 3.63) is 0 Å². The molecule has 3 unspecified atom stereocenters. The van der Waals surface area contributed by atoms with E-state index < -0.39 is 10.6 Å². The SMILES string of the molecule is CC(=O)SC1CCCCC1C(=O)[N+]1(C(=O)O)CCC[C@H]1C. The molecule has 0 radical (unpaired) electrons. The summed E-state index contributed by atoms with van der Waals surface area (Å²) in [6, 6.07) is -0.167. The van der Waals surface area contributed by atoms with Crippen LogP contribution in [-0.4, -0.2) is 44.5 Å². The summed E-state index contributed by atoms with van der Waals surface area (Å²) in [5.41, 5.74) is 0. The number of thioether (sulfide) groups is 1. The minimum absolute atomic E-state index is 0.0102. The first-order valence-corrected chi connectivity index (χ1v) is 8.60. The summed E-state index contributed by atoms with van der Waals surface area (Å²) in [6.07, 6.45) is 4.02. The number of rotatable bonds is 2. The maximum atomic E-state index is 13.0. The molecule has 2 rings (SSSR count). The summed E-state index contributed by atoms with van der Waals surface area (Å²) in [7, 11) is 0. The van der Waals surface area contributed by atoms with Crippen molar-refractivity contribution >= 4 is 28.9 Å². The minimum Gasteiger partial charge on any atom is -0.435 e. The lowest BCUT2D eigenvalue weighted by atomic mass is 9.86. The van der Waals surface area contributed by atoms with Crippen LogP contribution in [-0.2, 0) is 9.59 Å². The molecule has 2 amide bonds. The Morgan fingerprint density at radius 1 is 1.10 bits per heavy atom. The summed E-state index contributed by atoms with van der Waals surface area (Å²) in [5, 5.41) is 9.64. The first kappa shape index (κ1) is 16.5. The summed E-state index contributed by atoms with van der Waals surface area (Å²) < 4.78 is -0.431. The van der Waals surface area contributed by atoms with Gasteiger partial charge in [0, 0.05) is 25.0 Å². The number of carbonyl (C=O) groups is 3. The van der Waals surface area contributed by atoms with Crippen LogP contribution in [0.3, 0.4) is 0 Å². The first-order chi connectivity index (χ1) is 9.89. The van der Waals surface area contributed by atoms with E-state index in [1.807, 2.05) is 6.92 Å². The molecule has 1 saturated carbocycles. The van der Waals surface area contributed by atoms with Gasteiger partial charge in [0.15, 0.2) is 5.12 Å². The highest BCUT2D eigenvalue weighted by atomic mass is 32.2. The quantitative estimate of drug-likeness (QED) is 0.793. The molecule has 0 bridgehead atoms. The fraction of sp³-hybridized carbons (Fsp3) is 0.800. The van der Waals surface area contributed by atoms with Crippen LogP contribution in [0.25, 0.3) is 0 Å². The van der Waals surface area contributed by atoms with Crippen LogP contribution in [0.15, 0.2) is 0 Å². The van der Waals surface area contributed by atoms with Gasteiger partial charge in [-0.2, -0.15) is 9.28 Å². The zero-order valence-corrected chi connectivity index (χ0v) is 13.5. The number of hydrogen-bond donors (Lipinski definition) is 1. The number of carboxylic acid groups (broad SMARTS) is 1. The molecule has 1 aliphatic heterocycles. The molecule has 0 aromatic rings. The van der Waals surface area contributed by atoms with E-state index in [2.05, 4.69) is 0 Å². The summed E-state index contributed by atoms with van der Waals surface area (Å²) in [5.74, 6) is -0.477. The van der Waals surface area contributed by atoms with E-state index in [1.54, 1.807) is 0 Å². The molecule has 1 saturated heterocycles. The van der Waals surface area contributed by atoms with Crippen molar-refractivity contribution < 1.29 is 24.0 Å². The Labute approximate surface area is 129 Å². The van der Waals surface area contributed by atoms with Gasteiger partial charge in [-0.1, -0.05) is 24.6 Å². The maximum Gasteiger partial charge on any atom is 0.521 e. The van der Waals surface area contributed by atoms with E-state index >= 15 is 0 Å². The summed E-state index contributed by atoms with van der Waals surface area (Å²) >= 11 is 1.22. The zero-order valence-electron chi connectivity index (χ0n) is 12.7. The van der Waals surface area contributed by atoms with Crippen LogP contribution >= 0.6 is 11.8 Å². The van der Waals surface area contributed by atoms with Gasteiger partial charge in [-0.25, -0.2) is 4.79 Å². The predicted molar refractivity (Wildman–Crippen MR) is 80.9 cm³/mol. The molecule has 6 heteroatoms. The molecule has 0 aromatic heterocycles. The molecule has 0 spiro atoms. The van der Waals surface area contributed by atoms with Crippen LogP contribution in [0.5, 0.6) is 0 Å². The number of hydrogen-bond acceptors (Lipinski definition) is 4. The van der Waals surface area contributed by atoms with Crippen molar-refractivity contribution in [3.63, 3.8) is 0 Å². The lowest BCUT2D eigenvalue weighted by Crippen LogP contribution is -2.61. The molecule has 118 valence electrons. The van der Waals surface area contributed by atoms with Gasteiger partial charge in [-0.15, -0.1) is 0 Å². The number of quaternary nitrogens is 1. The van der Waals surface area contributed by atoms with Crippen molar-refractivity contribution in [1.82, 2.24) is 0 Å². The highest BCUT2D eigenvalue weighted by molar-refractivity contribution is 8.14. The topological polar surface area (TPSA) is 71.4 Å². The van der Waals surface area contributed by atoms with Gasteiger partial charge in [-0.3, -0.25) is 4.79 Å². The Kier molecular flexibility index (Phi) is 5.09. The number of amides is 2. The van der Waals surface area contributed by atoms with Gasteiger partial charge < -0.3 is 5.11 Å². The number of imide groups is 1. The lowest BCUT2D eigenvalue weighted by Gasteiger charge is -2.36. The molecule has 2 aliphatic rings. The molecule has 4 atom stereocenters. The fourth-order valence-corrected chi connectivity index (χ4v) is 4.94. The largest absolute Gasteiger partial charge is 0.521 e. The summed E-state index contributed by atoms with van der Waals surface area (Å²) in [4.78, 5) is 36.3. The van der Waals surface area contributed by atoms with Crippen LogP contribution in [0.1, 0.15) is 52.4 Å². The molecule has 0 aromatic carbocycles. The third kappa shape index (κ3) is 3.01. The van der Waals surface area contributed by atoms with Crippen molar-refractivity contribution in [3.8, 4) is 0 Å². The van der Waals surface area contributed by atoms with Gasteiger partial charge in [0.05, 0.1) is 12.5 Å². The van der Waals surface area contributed by atoms with E-state index in [1.165, 1.54) is 18.7 Å². The van der Waals surface area contributed by atoms with E-state index in [9.17, 15) is 19.5 Å². The molecule has 2 fully saturated rings. The Morgan fingerprint density at radius 3 is 2.29 bits per heavy atom. The Balaban J connectivity index is 2.26. The Hall–Kier alpha value is -0.880. The zero-order chi connectivity index (χ0) is 15.6. The van der Waals surface area contributed by atoms with Crippen LogP contribution in [0.4, 0.5) is 4.79 Å². The van der Waals surface area contributed by atoms with Crippen molar-refractivity contribution in [2.24, 2.45) is 5.92 Å². The number of likely N-dealkylation sites (tertiary alicyclic amines) is 1. The lowest BCUT2D eigenvalue weighted by molar-refractivity contribution is -0.794. The van der Waals surface area contributed by atoms with Crippen LogP contribution < -0.4 is 0 Å². The summed E-state index contributed by atoms with van der Waals surface area (Å²) in [6.45, 7) is 3.76. The minimum atomic E-state index is -1.03. The Morgan fingerprint density at radius 2 is 1.76 bits per heavy atom. The molecular formula is C15H24NO4S+. The smallest absolute Gasteiger partial charge is 0.435 e. The van der Waals surface area contributed by atoms with Gasteiger partial charge in [0.1, 0.15) is 6.04 Å². The number of carbonyl (C=O) groups excluding carboxylic acids is 2. The van der Waals surface area contributed by atoms with E-state index in [-0.39, 0.29) is 28.2 Å². The highest BCUT2D eigenvalue weighted by Gasteiger charge is 2.56. The average Bonchev–Trinajstić information content (AvgIpc) is 2.81. The van der Waals surface area contributed by atoms with Crippen LogP contribution in [0, 0.1) is 5.92 Å². The van der Waals surface area contributed by atoms with Crippen LogP contribution in [0.2, 0.25) is 0 Å². The van der Waals surface area contributed by atoms with E-state index in [0.717, 1.165) is 32.1 Å². The van der Waals surface area contributed by atoms with Crippen molar-refractivity contribution in [2.75, 3.05) is 6.54 Å². The highest BCUT2D eigenvalue weighted by Crippen LogP contribution is 2.39. The molecular weight excluding hydrogens is 290 g/mol. The third-order valence-electron chi connectivity index (χ3n) is 4.96. The standard InChI is InChI=1S/C15H23NO4S/c1-10-6-5-9-16(10,15(19)20)14(18)12-7-3-4-8-13(12)21-11(2)17/h10,12-13H,3-9H2,1-2H3/p+1/t10-,12?,13?,16?/m1/s1. The monoisotopic (exact) mass is 314 g/mol. The van der Waals surface area contributed by atoms with Gasteiger partial charge in [-0.05, 0) is 19.8 Å². The normalized spacial score (nSPS) is 36.4. The second kappa shape index (κ2) is 6.48. The second-order valence-electron chi connectivity index (χ2n) is 6.24. The van der Waals surface area contributed by atoms with Gasteiger partial charge in [0.2, 0.25) is 0 Å².